The van der Waals surface area contributed by atoms with E-state index >= 15 is 0 Å². The lowest BCUT2D eigenvalue weighted by atomic mass is 9.90. The summed E-state index contributed by atoms with van der Waals surface area (Å²) in [7, 11) is 0. The fraction of sp³-hybridized carbons (Fsp3) is 0.455. The number of Topliss-reactive ketones (excluding diaryl/α,β-unsaturated/α-hetero) is 3. The molecule has 0 unspecified atom stereocenters. The number of fused-ring (bicyclic) bond motifs is 1. The van der Waals surface area contributed by atoms with Gasteiger partial charge in [0.25, 0.3) is 11.5 Å². The average Bonchev–Trinajstić information content (AvgIpc) is 3.30. The normalized spacial score (nSPS) is 13.4. The van der Waals surface area contributed by atoms with Gasteiger partial charge in [-0.25, -0.2) is 14.8 Å². The number of anilines is 2. The van der Waals surface area contributed by atoms with Crippen LogP contribution in [0.4, 0.5) is 11.6 Å². The van der Waals surface area contributed by atoms with Gasteiger partial charge in [0.05, 0.1) is 67.5 Å². The molecule has 3 aromatic rings. The van der Waals surface area contributed by atoms with Crippen molar-refractivity contribution in [2.75, 3.05) is 17.6 Å². The molecule has 16 N–H and O–H groups in total. The largest absolute Gasteiger partial charge is 0.481 e. The zero-order valence-electron chi connectivity index (χ0n) is 39.2. The van der Waals surface area contributed by atoms with Gasteiger partial charge in [-0.15, -0.1) is 0 Å². The van der Waals surface area contributed by atoms with Crippen LogP contribution in [0.25, 0.3) is 11.2 Å². The molecule has 2 aromatic heterocycles. The van der Waals surface area contributed by atoms with E-state index in [4.69, 9.17) is 17.2 Å². The molecule has 3 amide bonds. The van der Waals surface area contributed by atoms with E-state index in [1.165, 1.54) is 37.4 Å². The molecule has 0 saturated heterocycles. The van der Waals surface area contributed by atoms with Gasteiger partial charge in [-0.2, -0.15) is 4.98 Å². The number of hydrogen-bond donors (Lipinski definition) is 13. The third kappa shape index (κ3) is 19.8. The summed E-state index contributed by atoms with van der Waals surface area (Å²) in [6.45, 7) is 1.44. The summed E-state index contributed by atoms with van der Waals surface area (Å²) in [5, 5.41) is 57.7. The van der Waals surface area contributed by atoms with Crippen LogP contribution >= 0.6 is 0 Å². The molecule has 0 bridgehead atoms. The van der Waals surface area contributed by atoms with Gasteiger partial charge in [0.1, 0.15) is 11.8 Å². The Balaban J connectivity index is 1.71. The molecule has 6 atom stereocenters. The highest BCUT2D eigenvalue weighted by Gasteiger charge is 2.35. The first-order chi connectivity index (χ1) is 34.4. The highest BCUT2D eigenvalue weighted by molar-refractivity contribution is 5.99. The van der Waals surface area contributed by atoms with Crippen molar-refractivity contribution in [2.24, 2.45) is 34.2 Å². The van der Waals surface area contributed by atoms with E-state index in [-0.39, 0.29) is 61.0 Å². The molecule has 0 fully saturated rings. The molecule has 73 heavy (non-hydrogen) atoms. The molecule has 29 heteroatoms. The minimum absolute atomic E-state index is 0.0230. The summed E-state index contributed by atoms with van der Waals surface area (Å²) in [5.41, 5.74) is 16.6. The molecule has 0 aliphatic rings. The Kier molecular flexibility index (Phi) is 22.4. The van der Waals surface area contributed by atoms with Gasteiger partial charge in [-0.1, -0.05) is 6.92 Å². The number of carboxylic acid groups (broad SMARTS) is 5. The van der Waals surface area contributed by atoms with E-state index < -0.39 is 158 Å². The third-order valence-corrected chi connectivity index (χ3v) is 11.0. The Morgan fingerprint density at radius 3 is 1.82 bits per heavy atom. The molecule has 0 radical (unpaired) electrons. The van der Waals surface area contributed by atoms with E-state index in [0.29, 0.717) is 11.4 Å². The standard InChI is InChI=1S/C44H56N12O17/c1-2-20(41(70)71)13-31(59)29(17-34(64)65)54-39(68)23(16-33(62)63)14-30(58)27(4-3-11-48-43(45)46)52-38(67)22(15-32(60)61)12-26(57)9-10-28(42(72)73)53-37(66)21-5-7-24(8-6-21)49-18-25-19-50-36-35(51-25)40(69)56-44(47)55-36/h5-8,19-20,22-23,27-29,49H,2-4,9-18H2,1H3,(H,52,67)(H,53,66)(H,54,68)(H,60,61)(H,62,63)(H,64,65)(H,70,71)(H,72,73)(H4,45,46,48)(H3,47,50,55,56,69)/t20-,22-,23-,27-,28-,29-/m0/s1. The third-order valence-electron chi connectivity index (χ3n) is 11.0. The van der Waals surface area contributed by atoms with Crippen molar-refractivity contribution in [3.8, 4) is 0 Å². The van der Waals surface area contributed by atoms with Crippen molar-refractivity contribution in [1.29, 1.82) is 0 Å². The zero-order valence-corrected chi connectivity index (χ0v) is 39.2. The quantitative estimate of drug-likeness (QED) is 0.0188. The number of carbonyl (C=O) groups is 11. The summed E-state index contributed by atoms with van der Waals surface area (Å²) in [6, 6.07) is 0.674. The predicted molar refractivity (Wildman–Crippen MR) is 252 cm³/mol. The second-order valence-electron chi connectivity index (χ2n) is 16.6. The summed E-state index contributed by atoms with van der Waals surface area (Å²) in [4.78, 5) is 170. The Labute approximate surface area is 413 Å². The van der Waals surface area contributed by atoms with Gasteiger partial charge in [-0.3, -0.25) is 62.7 Å². The number of nitrogens with two attached hydrogens (primary N) is 3. The molecule has 0 aliphatic carbocycles. The second-order valence-corrected chi connectivity index (χ2v) is 16.6. The van der Waals surface area contributed by atoms with Crippen molar-refractivity contribution < 1.29 is 78.3 Å². The summed E-state index contributed by atoms with van der Waals surface area (Å²) >= 11 is 0. The van der Waals surface area contributed by atoms with Crippen molar-refractivity contribution in [3.63, 3.8) is 0 Å². The van der Waals surface area contributed by atoms with Crippen molar-refractivity contribution in [3.05, 3.63) is 52.1 Å². The Morgan fingerprint density at radius 1 is 0.685 bits per heavy atom. The molecular formula is C44H56N12O17. The average molecular weight is 1020 g/mol. The lowest BCUT2D eigenvalue weighted by Crippen LogP contribution is -2.48. The molecule has 394 valence electrons. The second kappa shape index (κ2) is 28.1. The van der Waals surface area contributed by atoms with Crippen molar-refractivity contribution in [2.45, 2.75) is 102 Å². The maximum Gasteiger partial charge on any atom is 0.326 e. The number of nitrogens with one attached hydrogen (secondary N) is 5. The molecule has 0 spiro atoms. The molecule has 0 saturated carbocycles. The SMILES string of the molecule is CC[C@@H](CC(=O)[C@H](CC(=O)O)NC(=O)[C@H](CC(=O)O)CC(=O)[C@H](CCCN=C(N)N)NC(=O)[C@H](CC(=O)O)CC(=O)CC[C@H](NC(=O)c1ccc(NCc2cnc3nc(N)[nH]c(=O)c3n2)cc1)C(=O)O)C(=O)O. The van der Waals surface area contributed by atoms with Gasteiger partial charge < -0.3 is 64.0 Å². The number of nitrogen functional groups attached to an aromatic ring is 1. The van der Waals surface area contributed by atoms with E-state index in [9.17, 15) is 83.1 Å². The van der Waals surface area contributed by atoms with Crippen LogP contribution in [0.3, 0.4) is 0 Å². The van der Waals surface area contributed by atoms with Gasteiger partial charge in [-0.05, 0) is 49.9 Å². The molecular weight excluding hydrogens is 969 g/mol. The number of amides is 3. The predicted octanol–water partition coefficient (Wildman–Crippen LogP) is -1.46. The van der Waals surface area contributed by atoms with Crippen LogP contribution in [0.1, 0.15) is 93.6 Å². The number of carboxylic acids is 5. The lowest BCUT2D eigenvalue weighted by molar-refractivity contribution is -0.146. The molecule has 1 aromatic carbocycles. The Hall–Kier alpha value is -8.92. The lowest BCUT2D eigenvalue weighted by Gasteiger charge is -2.24. The minimum atomic E-state index is -1.82. The number of aliphatic imine (C=N–C) groups is 1. The van der Waals surface area contributed by atoms with E-state index in [1.807, 2.05) is 0 Å². The van der Waals surface area contributed by atoms with Gasteiger partial charge in [0, 0.05) is 43.5 Å². The number of aromatic amines is 1. The molecule has 0 aliphatic heterocycles. The van der Waals surface area contributed by atoms with Crippen LogP contribution in [0.2, 0.25) is 0 Å². The van der Waals surface area contributed by atoms with Crippen LogP contribution in [0, 0.1) is 17.8 Å². The topological polar surface area (TPSA) is 499 Å². The maximum absolute atomic E-state index is 13.8. The van der Waals surface area contributed by atoms with Crippen molar-refractivity contribution in [1.82, 2.24) is 35.9 Å². The number of carbonyl (C=O) groups excluding carboxylic acids is 6. The number of guanidine groups is 1. The zero-order chi connectivity index (χ0) is 54.5. The number of rotatable bonds is 33. The first kappa shape index (κ1) is 58.4. The highest BCUT2D eigenvalue weighted by Crippen LogP contribution is 2.20. The number of benzene rings is 1. The molecule has 3 rings (SSSR count). The van der Waals surface area contributed by atoms with Crippen LogP contribution in [-0.4, -0.2) is 141 Å². The van der Waals surface area contributed by atoms with Crippen LogP contribution in [0.5, 0.6) is 0 Å². The maximum atomic E-state index is 13.8. The minimum Gasteiger partial charge on any atom is -0.481 e. The molecule has 29 nitrogen and oxygen atoms in total. The monoisotopic (exact) mass is 1020 g/mol. The highest BCUT2D eigenvalue weighted by atomic mass is 16.4. The van der Waals surface area contributed by atoms with Crippen LogP contribution in [-0.2, 0) is 54.5 Å². The number of H-pyrrole nitrogens is 1. The summed E-state index contributed by atoms with van der Waals surface area (Å²) in [5.74, 6) is -18.9. The van der Waals surface area contributed by atoms with Gasteiger partial charge in [0.2, 0.25) is 17.8 Å². The smallest absolute Gasteiger partial charge is 0.326 e. The fourth-order valence-corrected chi connectivity index (χ4v) is 7.10. The Morgan fingerprint density at radius 2 is 1.26 bits per heavy atom. The van der Waals surface area contributed by atoms with E-state index in [2.05, 4.69) is 46.2 Å². The first-order valence-corrected chi connectivity index (χ1v) is 22.4. The fourth-order valence-electron chi connectivity index (χ4n) is 7.10. The summed E-state index contributed by atoms with van der Waals surface area (Å²) < 4.78 is 0. The van der Waals surface area contributed by atoms with E-state index in [1.54, 1.807) is 0 Å². The van der Waals surface area contributed by atoms with Gasteiger partial charge in [0.15, 0.2) is 28.7 Å². The number of nitrogens with zero attached hydrogens (tertiary/aromatic N) is 4. The first-order valence-electron chi connectivity index (χ1n) is 22.4. The van der Waals surface area contributed by atoms with Crippen LogP contribution < -0.4 is 44.0 Å². The number of aromatic nitrogens is 4. The van der Waals surface area contributed by atoms with E-state index in [0.717, 1.165) is 0 Å². The molecule has 2 heterocycles. The Bertz CT molecular complexity index is 2650. The summed E-state index contributed by atoms with van der Waals surface area (Å²) in [6.07, 6.45) is -5.51. The van der Waals surface area contributed by atoms with Crippen molar-refractivity contribution >= 4 is 93.7 Å². The van der Waals surface area contributed by atoms with Gasteiger partial charge >= 0.3 is 29.8 Å². The van der Waals surface area contributed by atoms with Crippen LogP contribution in [0.15, 0.2) is 40.2 Å². The number of ketones is 3. The number of aliphatic carboxylic acids is 5. The number of hydrogen-bond acceptors (Lipinski definition) is 18.